The average Bonchev–Trinajstić information content (AvgIpc) is 2.38. The van der Waals surface area contributed by atoms with Crippen LogP contribution in [0.2, 0.25) is 5.15 Å². The van der Waals surface area contributed by atoms with Gasteiger partial charge in [0.1, 0.15) is 16.8 Å². The van der Waals surface area contributed by atoms with Crippen LogP contribution in [0.15, 0.2) is 0 Å². The highest BCUT2D eigenvalue weighted by Crippen LogP contribution is 2.28. The third-order valence-corrected chi connectivity index (χ3v) is 3.85. The molecule has 1 aromatic rings. The topological polar surface area (TPSA) is 46.1 Å². The van der Waals surface area contributed by atoms with Gasteiger partial charge in [-0.2, -0.15) is 0 Å². The number of hydrogen-bond acceptors (Lipinski definition) is 4. The fraction of sp³-hybridized carbons (Fsp3) is 0.615. The number of aryl methyl sites for hydroxylation is 1. The van der Waals surface area contributed by atoms with Crippen LogP contribution in [0.3, 0.4) is 0 Å². The summed E-state index contributed by atoms with van der Waals surface area (Å²) < 4.78 is 0. The van der Waals surface area contributed by atoms with Gasteiger partial charge in [-0.25, -0.2) is 9.97 Å². The first-order valence-electron chi connectivity index (χ1n) is 6.35. The van der Waals surface area contributed by atoms with Crippen molar-refractivity contribution >= 4 is 23.7 Å². The highest BCUT2D eigenvalue weighted by atomic mass is 35.5. The zero-order valence-electron chi connectivity index (χ0n) is 10.8. The van der Waals surface area contributed by atoms with Gasteiger partial charge >= 0.3 is 0 Å². The molecule has 0 amide bonds. The molecular formula is C13H18ClN3O. The van der Waals surface area contributed by atoms with Gasteiger partial charge in [0.25, 0.3) is 0 Å². The molecule has 4 nitrogen and oxygen atoms in total. The molecule has 0 unspecified atom stereocenters. The quantitative estimate of drug-likeness (QED) is 0.624. The summed E-state index contributed by atoms with van der Waals surface area (Å²) in [4.78, 5) is 21.7. The highest BCUT2D eigenvalue weighted by molar-refractivity contribution is 6.32. The zero-order chi connectivity index (χ0) is 13.1. The second-order valence-corrected chi connectivity index (χ2v) is 5.18. The molecule has 0 N–H and O–H groups in total. The van der Waals surface area contributed by atoms with Crippen LogP contribution in [0.1, 0.15) is 48.3 Å². The first kappa shape index (κ1) is 13.3. The molecular weight excluding hydrogens is 250 g/mol. The number of hydrogen-bond donors (Lipinski definition) is 0. The summed E-state index contributed by atoms with van der Waals surface area (Å²) >= 11 is 6.01. The Balaban J connectivity index is 2.33. The molecule has 0 atom stereocenters. The van der Waals surface area contributed by atoms with Gasteiger partial charge in [0.05, 0.1) is 5.56 Å². The van der Waals surface area contributed by atoms with Crippen molar-refractivity contribution in [2.45, 2.75) is 45.1 Å². The van der Waals surface area contributed by atoms with Gasteiger partial charge < -0.3 is 4.90 Å². The Morgan fingerprint density at radius 3 is 2.56 bits per heavy atom. The lowest BCUT2D eigenvalue weighted by Crippen LogP contribution is -2.35. The summed E-state index contributed by atoms with van der Waals surface area (Å²) in [6.45, 7) is 1.79. The minimum Gasteiger partial charge on any atom is -0.356 e. The maximum atomic E-state index is 11.2. The molecule has 1 aliphatic rings. The van der Waals surface area contributed by atoms with Crippen molar-refractivity contribution in [2.24, 2.45) is 0 Å². The Bertz CT molecular complexity index is 444. The van der Waals surface area contributed by atoms with Crippen LogP contribution in [0.25, 0.3) is 0 Å². The van der Waals surface area contributed by atoms with Gasteiger partial charge in [0, 0.05) is 13.1 Å². The molecule has 1 heterocycles. The number of carbonyl (C=O) groups is 1. The van der Waals surface area contributed by atoms with Crippen LogP contribution in [0.5, 0.6) is 0 Å². The third-order valence-electron chi connectivity index (χ3n) is 3.57. The number of carbonyl (C=O) groups excluding carboxylic acids is 1. The van der Waals surface area contributed by atoms with Crippen molar-refractivity contribution in [3.8, 4) is 0 Å². The van der Waals surface area contributed by atoms with Crippen LogP contribution in [0, 0.1) is 6.92 Å². The van der Waals surface area contributed by atoms with E-state index in [0.29, 0.717) is 23.2 Å². The van der Waals surface area contributed by atoms with E-state index in [9.17, 15) is 4.79 Å². The zero-order valence-corrected chi connectivity index (χ0v) is 11.6. The molecule has 1 fully saturated rings. The minimum atomic E-state index is 0.246. The van der Waals surface area contributed by atoms with Crippen LogP contribution in [-0.4, -0.2) is 29.3 Å². The maximum Gasteiger partial charge on any atom is 0.156 e. The van der Waals surface area contributed by atoms with Crippen LogP contribution in [0.4, 0.5) is 5.82 Å². The summed E-state index contributed by atoms with van der Waals surface area (Å²) in [6, 6.07) is 0.447. The summed E-state index contributed by atoms with van der Waals surface area (Å²) in [7, 11) is 1.99. The van der Waals surface area contributed by atoms with Crippen molar-refractivity contribution in [1.29, 1.82) is 0 Å². The molecule has 0 aliphatic heterocycles. The van der Waals surface area contributed by atoms with Crippen molar-refractivity contribution < 1.29 is 4.79 Å². The van der Waals surface area contributed by atoms with Gasteiger partial charge in [-0.05, 0) is 19.8 Å². The average molecular weight is 268 g/mol. The SMILES string of the molecule is Cc1nc(Cl)c(C=O)c(N(C)C2CCCCC2)n1. The Kier molecular flexibility index (Phi) is 4.17. The summed E-state index contributed by atoms with van der Waals surface area (Å²) in [5.41, 5.74) is 0.398. The third kappa shape index (κ3) is 2.64. The Labute approximate surface area is 112 Å². The normalized spacial score (nSPS) is 16.6. The van der Waals surface area contributed by atoms with Gasteiger partial charge in [-0.15, -0.1) is 0 Å². The Morgan fingerprint density at radius 2 is 1.94 bits per heavy atom. The maximum absolute atomic E-state index is 11.2. The number of halogens is 1. The smallest absolute Gasteiger partial charge is 0.156 e. The fourth-order valence-corrected chi connectivity index (χ4v) is 2.80. The lowest BCUT2D eigenvalue weighted by Gasteiger charge is -2.32. The molecule has 0 spiro atoms. The molecule has 1 saturated carbocycles. The molecule has 0 radical (unpaired) electrons. The standard InChI is InChI=1S/C13H18ClN3O/c1-9-15-12(14)11(8-18)13(16-9)17(2)10-6-4-3-5-7-10/h8,10H,3-7H2,1-2H3. The summed E-state index contributed by atoms with van der Waals surface area (Å²) in [5, 5.41) is 0.246. The number of aldehydes is 1. The van der Waals surface area contributed by atoms with E-state index in [1.807, 2.05) is 7.05 Å². The number of nitrogens with zero attached hydrogens (tertiary/aromatic N) is 3. The van der Waals surface area contributed by atoms with E-state index in [2.05, 4.69) is 14.9 Å². The van der Waals surface area contributed by atoms with Gasteiger partial charge in [-0.1, -0.05) is 30.9 Å². The lowest BCUT2D eigenvalue weighted by molar-refractivity contribution is 0.112. The minimum absolute atomic E-state index is 0.246. The molecule has 18 heavy (non-hydrogen) atoms. The first-order chi connectivity index (χ1) is 8.63. The number of aromatic nitrogens is 2. The van der Waals surface area contributed by atoms with Crippen molar-refractivity contribution in [2.75, 3.05) is 11.9 Å². The van der Waals surface area contributed by atoms with E-state index < -0.39 is 0 Å². The number of rotatable bonds is 3. The molecule has 1 aromatic heterocycles. The van der Waals surface area contributed by atoms with Gasteiger partial charge in [0.2, 0.25) is 0 Å². The molecule has 0 aromatic carbocycles. The lowest BCUT2D eigenvalue weighted by atomic mass is 9.94. The monoisotopic (exact) mass is 267 g/mol. The van der Waals surface area contributed by atoms with Crippen molar-refractivity contribution in [1.82, 2.24) is 9.97 Å². The van der Waals surface area contributed by atoms with E-state index in [4.69, 9.17) is 11.6 Å². The van der Waals surface area contributed by atoms with Crippen LogP contribution >= 0.6 is 11.6 Å². The fourth-order valence-electron chi connectivity index (χ4n) is 2.54. The second-order valence-electron chi connectivity index (χ2n) is 4.82. The number of anilines is 1. The first-order valence-corrected chi connectivity index (χ1v) is 6.73. The van der Waals surface area contributed by atoms with E-state index in [0.717, 1.165) is 19.1 Å². The molecule has 5 heteroatoms. The Morgan fingerprint density at radius 1 is 1.28 bits per heavy atom. The van der Waals surface area contributed by atoms with E-state index in [-0.39, 0.29) is 5.15 Å². The van der Waals surface area contributed by atoms with Crippen molar-refractivity contribution in [3.05, 3.63) is 16.5 Å². The van der Waals surface area contributed by atoms with Crippen LogP contribution < -0.4 is 4.90 Å². The Hall–Kier alpha value is -1.16. The van der Waals surface area contributed by atoms with E-state index >= 15 is 0 Å². The van der Waals surface area contributed by atoms with Crippen LogP contribution in [-0.2, 0) is 0 Å². The summed E-state index contributed by atoms with van der Waals surface area (Å²) in [6.07, 6.45) is 6.82. The predicted molar refractivity (Wildman–Crippen MR) is 72.4 cm³/mol. The van der Waals surface area contributed by atoms with E-state index in [1.165, 1.54) is 19.3 Å². The molecule has 0 bridgehead atoms. The molecule has 1 aliphatic carbocycles. The van der Waals surface area contributed by atoms with Crippen molar-refractivity contribution in [3.63, 3.8) is 0 Å². The summed E-state index contributed by atoms with van der Waals surface area (Å²) in [5.74, 6) is 1.26. The molecule has 0 saturated heterocycles. The van der Waals surface area contributed by atoms with Gasteiger partial charge in [-0.3, -0.25) is 4.79 Å². The van der Waals surface area contributed by atoms with E-state index in [1.54, 1.807) is 6.92 Å². The highest BCUT2D eigenvalue weighted by Gasteiger charge is 2.23. The molecule has 98 valence electrons. The molecule has 2 rings (SSSR count). The largest absolute Gasteiger partial charge is 0.356 e. The predicted octanol–water partition coefficient (Wildman–Crippen LogP) is 3.02. The second kappa shape index (κ2) is 5.65. The van der Waals surface area contributed by atoms with Gasteiger partial charge in [0.15, 0.2) is 6.29 Å².